The van der Waals surface area contributed by atoms with Crippen molar-refractivity contribution in [3.05, 3.63) is 35.4 Å². The maximum atomic E-state index is 12.3. The molecule has 0 bridgehead atoms. The number of amides is 1. The molecule has 0 saturated heterocycles. The third kappa shape index (κ3) is 4.37. The fourth-order valence-corrected chi connectivity index (χ4v) is 1.96. The Kier molecular flexibility index (Phi) is 5.31. The van der Waals surface area contributed by atoms with Crippen LogP contribution in [0.3, 0.4) is 0 Å². The second-order valence-electron chi connectivity index (χ2n) is 5.90. The van der Waals surface area contributed by atoms with Crippen molar-refractivity contribution in [3.63, 3.8) is 0 Å². The van der Waals surface area contributed by atoms with Gasteiger partial charge in [-0.1, -0.05) is 36.8 Å². The number of rotatable bonds is 6. The van der Waals surface area contributed by atoms with E-state index in [0.717, 1.165) is 11.1 Å². The molecule has 0 saturated carbocycles. The van der Waals surface area contributed by atoms with E-state index in [1.54, 1.807) is 0 Å². The lowest BCUT2D eigenvalue weighted by molar-refractivity contribution is -0.138. The zero-order valence-corrected chi connectivity index (χ0v) is 12.6. The van der Waals surface area contributed by atoms with Crippen molar-refractivity contribution in [1.29, 1.82) is 0 Å². The summed E-state index contributed by atoms with van der Waals surface area (Å²) in [6.07, 6.45) is 0.0608. The van der Waals surface area contributed by atoms with Crippen molar-refractivity contribution >= 4 is 11.9 Å². The van der Waals surface area contributed by atoms with Crippen LogP contribution >= 0.6 is 0 Å². The summed E-state index contributed by atoms with van der Waals surface area (Å²) in [4.78, 5) is 22.9. The van der Waals surface area contributed by atoms with Gasteiger partial charge in [0.1, 0.15) is 0 Å². The Labute approximate surface area is 120 Å². The zero-order chi connectivity index (χ0) is 15.3. The van der Waals surface area contributed by atoms with Crippen LogP contribution in [0.1, 0.15) is 38.3 Å². The molecule has 0 aliphatic rings. The van der Waals surface area contributed by atoms with E-state index in [-0.39, 0.29) is 18.2 Å². The van der Waals surface area contributed by atoms with Crippen LogP contribution in [-0.4, -0.2) is 23.5 Å². The molecular weight excluding hydrogens is 254 g/mol. The monoisotopic (exact) mass is 277 g/mol. The highest BCUT2D eigenvalue weighted by Crippen LogP contribution is 2.23. The lowest BCUT2D eigenvalue weighted by Crippen LogP contribution is -2.42. The normalized spacial score (nSPS) is 12.8. The fraction of sp³-hybridized carbons (Fsp3) is 0.500. The van der Waals surface area contributed by atoms with Crippen LogP contribution in [-0.2, 0) is 15.0 Å². The average Bonchev–Trinajstić information content (AvgIpc) is 2.35. The van der Waals surface area contributed by atoms with Crippen LogP contribution in [0.5, 0.6) is 0 Å². The van der Waals surface area contributed by atoms with Gasteiger partial charge < -0.3 is 10.4 Å². The molecule has 2 N–H and O–H groups in total. The maximum Gasteiger partial charge on any atom is 0.303 e. The van der Waals surface area contributed by atoms with Gasteiger partial charge in [0.05, 0.1) is 5.41 Å². The van der Waals surface area contributed by atoms with E-state index < -0.39 is 11.4 Å². The molecule has 4 heteroatoms. The summed E-state index contributed by atoms with van der Waals surface area (Å²) in [6, 6.07) is 7.88. The highest BCUT2D eigenvalue weighted by Gasteiger charge is 2.29. The van der Waals surface area contributed by atoms with Crippen molar-refractivity contribution in [2.24, 2.45) is 5.92 Å². The summed E-state index contributed by atoms with van der Waals surface area (Å²) in [5, 5.41) is 11.5. The lowest BCUT2D eigenvalue weighted by Gasteiger charge is -2.25. The van der Waals surface area contributed by atoms with Gasteiger partial charge >= 0.3 is 5.97 Å². The number of benzene rings is 1. The van der Waals surface area contributed by atoms with Gasteiger partial charge in [-0.25, -0.2) is 0 Å². The Morgan fingerprint density at radius 1 is 1.25 bits per heavy atom. The molecule has 1 amide bonds. The van der Waals surface area contributed by atoms with Crippen molar-refractivity contribution < 1.29 is 14.7 Å². The quantitative estimate of drug-likeness (QED) is 0.839. The summed E-state index contributed by atoms with van der Waals surface area (Å²) in [5.74, 6) is -1.01. The summed E-state index contributed by atoms with van der Waals surface area (Å²) in [5.41, 5.74) is 1.47. The van der Waals surface area contributed by atoms with E-state index in [2.05, 4.69) is 5.32 Å². The van der Waals surface area contributed by atoms with Crippen LogP contribution in [0.2, 0.25) is 0 Å². The van der Waals surface area contributed by atoms with Crippen LogP contribution in [0, 0.1) is 12.8 Å². The summed E-state index contributed by atoms with van der Waals surface area (Å²) in [7, 11) is 0. The van der Waals surface area contributed by atoms with E-state index in [1.165, 1.54) is 0 Å². The van der Waals surface area contributed by atoms with Crippen molar-refractivity contribution in [1.82, 2.24) is 5.32 Å². The predicted octanol–water partition coefficient (Wildman–Crippen LogP) is 2.50. The third-order valence-corrected chi connectivity index (χ3v) is 3.48. The molecule has 20 heavy (non-hydrogen) atoms. The Hall–Kier alpha value is -1.84. The molecule has 0 fully saturated rings. The number of hydrogen-bond acceptors (Lipinski definition) is 2. The first-order valence-electron chi connectivity index (χ1n) is 6.80. The van der Waals surface area contributed by atoms with Gasteiger partial charge in [-0.05, 0) is 32.3 Å². The minimum Gasteiger partial charge on any atom is -0.481 e. The second kappa shape index (κ2) is 6.55. The third-order valence-electron chi connectivity index (χ3n) is 3.48. The van der Waals surface area contributed by atoms with Gasteiger partial charge in [0.15, 0.2) is 0 Å². The SMILES string of the molecule is Cc1ccc(C(C)(C)C(=O)NCC(C)CC(=O)O)cc1. The molecule has 1 aromatic carbocycles. The van der Waals surface area contributed by atoms with Gasteiger partial charge in [-0.15, -0.1) is 0 Å². The molecule has 1 unspecified atom stereocenters. The molecule has 1 atom stereocenters. The highest BCUT2D eigenvalue weighted by molar-refractivity contribution is 5.87. The summed E-state index contributed by atoms with van der Waals surface area (Å²) in [6.45, 7) is 7.93. The lowest BCUT2D eigenvalue weighted by atomic mass is 9.83. The number of hydrogen-bond donors (Lipinski definition) is 2. The number of carbonyl (C=O) groups excluding carboxylic acids is 1. The molecule has 0 aliphatic carbocycles. The number of carbonyl (C=O) groups is 2. The summed E-state index contributed by atoms with van der Waals surface area (Å²) < 4.78 is 0. The van der Waals surface area contributed by atoms with E-state index in [0.29, 0.717) is 6.54 Å². The molecule has 0 aromatic heterocycles. The maximum absolute atomic E-state index is 12.3. The van der Waals surface area contributed by atoms with Crippen molar-refractivity contribution in [2.75, 3.05) is 6.54 Å². The Balaban J connectivity index is 2.65. The first-order chi connectivity index (χ1) is 9.23. The van der Waals surface area contributed by atoms with Gasteiger partial charge in [0, 0.05) is 13.0 Å². The molecule has 1 rings (SSSR count). The zero-order valence-electron chi connectivity index (χ0n) is 12.6. The number of nitrogens with one attached hydrogen (secondary N) is 1. The van der Waals surface area contributed by atoms with Crippen molar-refractivity contribution in [2.45, 2.75) is 39.5 Å². The minimum absolute atomic E-state index is 0.0608. The number of carboxylic acids is 1. The average molecular weight is 277 g/mol. The van der Waals surface area contributed by atoms with E-state index in [9.17, 15) is 9.59 Å². The van der Waals surface area contributed by atoms with Crippen LogP contribution in [0.15, 0.2) is 24.3 Å². The molecule has 0 radical (unpaired) electrons. The molecule has 110 valence electrons. The van der Waals surface area contributed by atoms with Gasteiger partial charge in [0.2, 0.25) is 5.91 Å². The topological polar surface area (TPSA) is 66.4 Å². The Morgan fingerprint density at radius 3 is 2.30 bits per heavy atom. The Morgan fingerprint density at radius 2 is 1.80 bits per heavy atom. The first-order valence-corrected chi connectivity index (χ1v) is 6.80. The van der Waals surface area contributed by atoms with E-state index in [1.807, 2.05) is 52.0 Å². The van der Waals surface area contributed by atoms with E-state index in [4.69, 9.17) is 5.11 Å². The highest BCUT2D eigenvalue weighted by atomic mass is 16.4. The predicted molar refractivity (Wildman–Crippen MR) is 78.6 cm³/mol. The standard InChI is InChI=1S/C16H23NO3/c1-11-5-7-13(8-6-11)16(3,4)15(20)17-10-12(2)9-14(18)19/h5-8,12H,9-10H2,1-4H3,(H,17,20)(H,18,19). The smallest absolute Gasteiger partial charge is 0.303 e. The fourth-order valence-electron chi connectivity index (χ4n) is 1.96. The summed E-state index contributed by atoms with van der Waals surface area (Å²) >= 11 is 0. The Bertz CT molecular complexity index is 477. The van der Waals surface area contributed by atoms with Gasteiger partial charge in [-0.2, -0.15) is 0 Å². The molecular formula is C16H23NO3. The van der Waals surface area contributed by atoms with Gasteiger partial charge in [0.25, 0.3) is 0 Å². The minimum atomic E-state index is -0.843. The number of aryl methyl sites for hydroxylation is 1. The molecule has 0 aliphatic heterocycles. The van der Waals surface area contributed by atoms with E-state index >= 15 is 0 Å². The molecule has 0 heterocycles. The largest absolute Gasteiger partial charge is 0.481 e. The van der Waals surface area contributed by atoms with Crippen LogP contribution in [0.25, 0.3) is 0 Å². The molecule has 0 spiro atoms. The van der Waals surface area contributed by atoms with Gasteiger partial charge in [-0.3, -0.25) is 9.59 Å². The second-order valence-corrected chi connectivity index (χ2v) is 5.90. The number of aliphatic carboxylic acids is 1. The number of carboxylic acid groups (broad SMARTS) is 1. The van der Waals surface area contributed by atoms with Crippen LogP contribution < -0.4 is 5.32 Å². The first kappa shape index (κ1) is 16.2. The molecule has 1 aromatic rings. The van der Waals surface area contributed by atoms with Crippen LogP contribution in [0.4, 0.5) is 0 Å². The van der Waals surface area contributed by atoms with Crippen molar-refractivity contribution in [3.8, 4) is 0 Å². The molecule has 4 nitrogen and oxygen atoms in total.